The van der Waals surface area contributed by atoms with Gasteiger partial charge in [0, 0.05) is 0 Å². The molecule has 8 heteroatoms. The van der Waals surface area contributed by atoms with Crippen LogP contribution in [0.3, 0.4) is 0 Å². The van der Waals surface area contributed by atoms with Crippen LogP contribution in [-0.2, 0) is 9.47 Å². The third-order valence-corrected chi connectivity index (χ3v) is 3.86. The molecule has 1 aromatic carbocycles. The van der Waals surface area contributed by atoms with E-state index in [1.807, 2.05) is 30.3 Å². The number of aromatic nitrogens is 4. The summed E-state index contributed by atoms with van der Waals surface area (Å²) in [5, 5.41) is 11.7. The van der Waals surface area contributed by atoms with Gasteiger partial charge in [-0.3, -0.25) is 0 Å². The van der Waals surface area contributed by atoms with Crippen molar-refractivity contribution in [2.45, 2.75) is 24.3 Å². The fraction of sp³-hybridized carbons (Fsp3) is 0.462. The van der Waals surface area contributed by atoms with Crippen LogP contribution in [0, 0.1) is 0 Å². The molecule has 8 nitrogen and oxygen atoms in total. The quantitative estimate of drug-likeness (QED) is 0.811. The van der Waals surface area contributed by atoms with E-state index in [4.69, 9.17) is 14.2 Å². The Balaban J connectivity index is 1.58. The van der Waals surface area contributed by atoms with E-state index in [0.717, 1.165) is 0 Å². The van der Waals surface area contributed by atoms with E-state index in [1.165, 1.54) is 0 Å². The molecule has 0 amide bonds. The van der Waals surface area contributed by atoms with Gasteiger partial charge in [0.1, 0.15) is 36.6 Å². The molecular weight excluding hydrogens is 274 g/mol. The first-order chi connectivity index (χ1) is 10.3. The number of benzene rings is 1. The average Bonchev–Trinajstić information content (AvgIpc) is 3.19. The van der Waals surface area contributed by atoms with Crippen LogP contribution in [0.2, 0.25) is 0 Å². The predicted molar refractivity (Wildman–Crippen MR) is 69.5 cm³/mol. The molecule has 0 aliphatic carbocycles. The molecule has 2 aromatic rings. The van der Waals surface area contributed by atoms with Crippen LogP contribution in [0.15, 0.2) is 30.3 Å². The van der Waals surface area contributed by atoms with Gasteiger partial charge in [-0.05, 0) is 22.6 Å². The van der Waals surface area contributed by atoms with Gasteiger partial charge in [-0.2, -0.15) is 4.68 Å². The van der Waals surface area contributed by atoms with E-state index in [0.29, 0.717) is 25.0 Å². The van der Waals surface area contributed by atoms with E-state index >= 15 is 0 Å². The number of rotatable bonds is 3. The van der Waals surface area contributed by atoms with Crippen LogP contribution in [0.4, 0.5) is 0 Å². The number of hydrogen-bond acceptors (Lipinski definition) is 6. The van der Waals surface area contributed by atoms with Crippen LogP contribution >= 0.6 is 0 Å². The van der Waals surface area contributed by atoms with Gasteiger partial charge in [0.25, 0.3) is 0 Å². The SMILES string of the molecule is [NH3+][C@H]1CO[C@H]2[C@@H]1OC[C@@H]2n1nnnc1Oc1ccccc1. The molecule has 3 N–H and O–H groups in total. The summed E-state index contributed by atoms with van der Waals surface area (Å²) in [6.07, 6.45) is -0.0714. The molecule has 2 aliphatic rings. The molecule has 2 aliphatic heterocycles. The first-order valence-corrected chi connectivity index (χ1v) is 6.90. The lowest BCUT2D eigenvalue weighted by atomic mass is 10.1. The molecule has 0 bridgehead atoms. The summed E-state index contributed by atoms with van der Waals surface area (Å²) >= 11 is 0. The number of tetrazole rings is 1. The molecule has 0 radical (unpaired) electrons. The topological polar surface area (TPSA) is 98.9 Å². The third-order valence-electron chi connectivity index (χ3n) is 3.86. The maximum absolute atomic E-state index is 5.77. The Bertz CT molecular complexity index is 619. The normalized spacial score (nSPS) is 31.3. The minimum Gasteiger partial charge on any atom is -0.423 e. The van der Waals surface area contributed by atoms with E-state index in [9.17, 15) is 0 Å². The third kappa shape index (κ3) is 2.17. The van der Waals surface area contributed by atoms with Crippen LogP contribution in [0.25, 0.3) is 0 Å². The van der Waals surface area contributed by atoms with E-state index in [2.05, 4.69) is 21.3 Å². The highest BCUT2D eigenvalue weighted by Gasteiger charge is 2.50. The molecule has 1 aromatic heterocycles. The Morgan fingerprint density at radius 2 is 1.95 bits per heavy atom. The fourth-order valence-corrected chi connectivity index (χ4v) is 2.82. The molecule has 110 valence electrons. The van der Waals surface area contributed by atoms with Crippen LogP contribution in [0.1, 0.15) is 6.04 Å². The predicted octanol–water partition coefficient (Wildman–Crippen LogP) is -0.585. The van der Waals surface area contributed by atoms with Gasteiger partial charge in [-0.15, -0.1) is 0 Å². The summed E-state index contributed by atoms with van der Waals surface area (Å²) in [5.41, 5.74) is 4.04. The zero-order chi connectivity index (χ0) is 14.2. The molecule has 21 heavy (non-hydrogen) atoms. The van der Waals surface area contributed by atoms with Crippen molar-refractivity contribution >= 4 is 0 Å². The second kappa shape index (κ2) is 5.06. The lowest BCUT2D eigenvalue weighted by Crippen LogP contribution is -2.66. The number of quaternary nitrogens is 1. The van der Waals surface area contributed by atoms with Crippen molar-refractivity contribution in [3.8, 4) is 11.8 Å². The molecule has 0 unspecified atom stereocenters. The van der Waals surface area contributed by atoms with Crippen molar-refractivity contribution in [3.05, 3.63) is 30.3 Å². The lowest BCUT2D eigenvalue weighted by molar-refractivity contribution is -0.430. The fourth-order valence-electron chi connectivity index (χ4n) is 2.82. The number of hydrogen-bond donors (Lipinski definition) is 1. The summed E-state index contributed by atoms with van der Waals surface area (Å²) < 4.78 is 18.9. The molecule has 3 heterocycles. The maximum atomic E-state index is 5.77. The molecule has 2 fully saturated rings. The summed E-state index contributed by atoms with van der Waals surface area (Å²) in [4.78, 5) is 0. The smallest absolute Gasteiger partial charge is 0.341 e. The molecule has 0 saturated carbocycles. The minimum absolute atomic E-state index is 0.00350. The standard InChI is InChI=1S/C13H15N5O3/c14-9-6-19-12-10(7-20-11(9)12)18-13(15-16-17-18)21-8-4-2-1-3-5-8/h1-5,9-12H,6-7,14H2/p+1/t9-,10-,11+,12+/m0/s1. The number of nitrogens with zero attached hydrogens (tertiary/aromatic N) is 4. The van der Waals surface area contributed by atoms with Crippen molar-refractivity contribution in [1.82, 2.24) is 20.2 Å². The number of fused-ring (bicyclic) bond motifs is 1. The van der Waals surface area contributed by atoms with Crippen molar-refractivity contribution in [1.29, 1.82) is 0 Å². The Kier molecular flexibility index (Phi) is 3.06. The number of ether oxygens (including phenoxy) is 3. The van der Waals surface area contributed by atoms with Crippen molar-refractivity contribution in [2.24, 2.45) is 0 Å². The highest BCUT2D eigenvalue weighted by Crippen LogP contribution is 2.34. The molecule has 2 saturated heterocycles. The van der Waals surface area contributed by atoms with Crippen LogP contribution in [-0.4, -0.2) is 51.7 Å². The van der Waals surface area contributed by atoms with Gasteiger partial charge in [0.15, 0.2) is 0 Å². The van der Waals surface area contributed by atoms with E-state index in [-0.39, 0.29) is 24.3 Å². The summed E-state index contributed by atoms with van der Waals surface area (Å²) in [7, 11) is 0. The van der Waals surface area contributed by atoms with Gasteiger partial charge < -0.3 is 19.9 Å². The van der Waals surface area contributed by atoms with Gasteiger partial charge in [-0.1, -0.05) is 23.3 Å². The van der Waals surface area contributed by atoms with Gasteiger partial charge in [-0.25, -0.2) is 0 Å². The Morgan fingerprint density at radius 3 is 2.81 bits per heavy atom. The van der Waals surface area contributed by atoms with Crippen LogP contribution in [0.5, 0.6) is 11.8 Å². The second-order valence-electron chi connectivity index (χ2n) is 5.24. The maximum Gasteiger partial charge on any atom is 0.341 e. The Labute approximate surface area is 120 Å². The lowest BCUT2D eigenvalue weighted by Gasteiger charge is -2.16. The average molecular weight is 290 g/mol. The zero-order valence-electron chi connectivity index (χ0n) is 11.3. The first-order valence-electron chi connectivity index (χ1n) is 6.90. The van der Waals surface area contributed by atoms with Gasteiger partial charge in [0.2, 0.25) is 0 Å². The Hall–Kier alpha value is -2.03. The largest absolute Gasteiger partial charge is 0.423 e. The highest BCUT2D eigenvalue weighted by atomic mass is 16.6. The van der Waals surface area contributed by atoms with Crippen molar-refractivity contribution in [3.63, 3.8) is 0 Å². The molecule has 0 spiro atoms. The van der Waals surface area contributed by atoms with E-state index < -0.39 is 0 Å². The van der Waals surface area contributed by atoms with Gasteiger partial charge in [0.05, 0.1) is 6.61 Å². The zero-order valence-corrected chi connectivity index (χ0v) is 11.3. The van der Waals surface area contributed by atoms with Gasteiger partial charge >= 0.3 is 6.01 Å². The summed E-state index contributed by atoms with van der Waals surface area (Å²) in [5.74, 6) is 0.686. The number of para-hydroxylation sites is 1. The Morgan fingerprint density at radius 1 is 1.14 bits per heavy atom. The van der Waals surface area contributed by atoms with E-state index in [1.54, 1.807) is 4.68 Å². The summed E-state index contributed by atoms with van der Waals surface area (Å²) in [6.45, 7) is 1.10. The van der Waals surface area contributed by atoms with Crippen molar-refractivity contribution in [2.75, 3.05) is 13.2 Å². The first kappa shape index (κ1) is 12.7. The molecular formula is C13H16N5O3+. The molecule has 4 rings (SSSR count). The highest BCUT2D eigenvalue weighted by molar-refractivity contribution is 5.24. The minimum atomic E-state index is -0.0875. The molecule has 4 atom stereocenters. The monoisotopic (exact) mass is 290 g/mol. The second-order valence-corrected chi connectivity index (χ2v) is 5.24. The van der Waals surface area contributed by atoms with Crippen molar-refractivity contribution < 1.29 is 19.9 Å². The summed E-state index contributed by atoms with van der Waals surface area (Å²) in [6, 6.07) is 9.82. The van der Waals surface area contributed by atoms with Crippen LogP contribution < -0.4 is 10.5 Å².